The van der Waals surface area contributed by atoms with Crippen LogP contribution in [0.1, 0.15) is 12.8 Å². The van der Waals surface area contributed by atoms with Crippen molar-refractivity contribution < 1.29 is 0 Å². The van der Waals surface area contributed by atoms with Gasteiger partial charge in [0, 0.05) is 44.5 Å². The summed E-state index contributed by atoms with van der Waals surface area (Å²) in [4.78, 5) is 12.8. The molecular weight excluding hydrogens is 338 g/mol. The second-order valence-corrected chi connectivity index (χ2v) is 6.83. The Morgan fingerprint density at radius 3 is 2.56 bits per heavy atom. The lowest BCUT2D eigenvalue weighted by Gasteiger charge is -2.15. The van der Waals surface area contributed by atoms with Crippen LogP contribution in [-0.2, 0) is 0 Å². The molecule has 3 aromatic rings. The van der Waals surface area contributed by atoms with Crippen molar-refractivity contribution >= 4 is 23.1 Å². The highest BCUT2D eigenvalue weighted by atomic mass is 15.3. The fourth-order valence-electron chi connectivity index (χ4n) is 3.16. The minimum Gasteiger partial charge on any atom is -0.363 e. The smallest absolute Gasteiger partial charge is 0.151 e. The van der Waals surface area contributed by atoms with E-state index in [1.54, 1.807) is 6.33 Å². The molecule has 1 fully saturated rings. The number of hydrogen-bond donors (Lipinski definition) is 1. The molecule has 27 heavy (non-hydrogen) atoms. The van der Waals surface area contributed by atoms with Crippen molar-refractivity contribution in [3.8, 4) is 11.3 Å². The van der Waals surface area contributed by atoms with Crippen molar-refractivity contribution in [3.05, 3.63) is 48.8 Å². The highest BCUT2D eigenvalue weighted by Gasteiger charge is 2.14. The molecule has 7 heteroatoms. The van der Waals surface area contributed by atoms with E-state index in [1.807, 2.05) is 49.3 Å². The molecule has 0 unspecified atom stereocenters. The molecule has 1 saturated heterocycles. The largest absolute Gasteiger partial charge is 0.363 e. The molecule has 3 heterocycles. The maximum absolute atomic E-state index is 4.43. The molecule has 4 rings (SSSR count). The second-order valence-electron chi connectivity index (χ2n) is 6.83. The van der Waals surface area contributed by atoms with E-state index in [4.69, 9.17) is 0 Å². The molecular formula is C20H23N7. The van der Waals surface area contributed by atoms with Crippen molar-refractivity contribution in [1.29, 1.82) is 0 Å². The van der Waals surface area contributed by atoms with E-state index in [0.29, 0.717) is 0 Å². The third-order valence-electron chi connectivity index (χ3n) is 4.62. The topological polar surface area (TPSA) is 70.1 Å². The Labute approximate surface area is 159 Å². The van der Waals surface area contributed by atoms with E-state index < -0.39 is 0 Å². The first-order valence-electron chi connectivity index (χ1n) is 9.14. The summed E-state index contributed by atoms with van der Waals surface area (Å²) in [5, 5.41) is 12.2. The molecule has 0 bridgehead atoms. The Morgan fingerprint density at radius 1 is 0.963 bits per heavy atom. The van der Waals surface area contributed by atoms with Crippen LogP contribution in [-0.4, -0.2) is 47.4 Å². The number of nitrogens with zero attached hydrogens (tertiary/aromatic N) is 6. The number of hydrogen-bond acceptors (Lipinski definition) is 7. The maximum atomic E-state index is 4.43. The van der Waals surface area contributed by atoms with Gasteiger partial charge in [0.15, 0.2) is 5.82 Å². The van der Waals surface area contributed by atoms with Gasteiger partial charge in [-0.1, -0.05) is 12.1 Å². The van der Waals surface area contributed by atoms with E-state index in [9.17, 15) is 0 Å². The van der Waals surface area contributed by atoms with Gasteiger partial charge in [0.05, 0.1) is 5.69 Å². The first-order chi connectivity index (χ1) is 13.2. The number of anilines is 4. The van der Waals surface area contributed by atoms with E-state index >= 15 is 0 Å². The lowest BCUT2D eigenvalue weighted by molar-refractivity contribution is 0.896. The molecule has 0 radical (unpaired) electrons. The van der Waals surface area contributed by atoms with E-state index in [2.05, 4.69) is 42.5 Å². The van der Waals surface area contributed by atoms with Gasteiger partial charge in [0.1, 0.15) is 18.0 Å². The third kappa shape index (κ3) is 3.97. The zero-order chi connectivity index (χ0) is 18.6. The quantitative estimate of drug-likeness (QED) is 0.747. The van der Waals surface area contributed by atoms with E-state index in [1.165, 1.54) is 12.8 Å². The van der Waals surface area contributed by atoms with Crippen LogP contribution in [0.5, 0.6) is 0 Å². The van der Waals surface area contributed by atoms with Crippen LogP contribution in [0.4, 0.5) is 23.1 Å². The normalized spacial score (nSPS) is 13.6. The average molecular weight is 361 g/mol. The summed E-state index contributed by atoms with van der Waals surface area (Å²) in [5.74, 6) is 2.57. The lowest BCUT2D eigenvalue weighted by Crippen LogP contribution is -2.19. The van der Waals surface area contributed by atoms with Crippen LogP contribution < -0.4 is 15.1 Å². The van der Waals surface area contributed by atoms with Gasteiger partial charge < -0.3 is 15.1 Å². The Hall–Kier alpha value is -3.22. The van der Waals surface area contributed by atoms with Crippen molar-refractivity contribution in [3.63, 3.8) is 0 Å². The van der Waals surface area contributed by atoms with Gasteiger partial charge in [-0.25, -0.2) is 9.97 Å². The summed E-state index contributed by atoms with van der Waals surface area (Å²) < 4.78 is 0. The number of benzene rings is 1. The Morgan fingerprint density at radius 2 is 1.81 bits per heavy atom. The van der Waals surface area contributed by atoms with Gasteiger partial charge in [-0.3, -0.25) is 0 Å². The molecule has 0 atom stereocenters. The number of rotatable bonds is 5. The number of nitrogens with one attached hydrogen (secondary N) is 1. The van der Waals surface area contributed by atoms with Gasteiger partial charge in [0.2, 0.25) is 0 Å². The summed E-state index contributed by atoms with van der Waals surface area (Å²) in [6.45, 7) is 2.14. The fourth-order valence-corrected chi connectivity index (χ4v) is 3.16. The van der Waals surface area contributed by atoms with Crippen molar-refractivity contribution in [2.45, 2.75) is 12.8 Å². The van der Waals surface area contributed by atoms with Crippen LogP contribution >= 0.6 is 0 Å². The molecule has 0 spiro atoms. The Balaban J connectivity index is 1.53. The molecule has 1 aliphatic rings. The van der Waals surface area contributed by atoms with E-state index in [0.717, 1.165) is 47.5 Å². The Kier molecular flexibility index (Phi) is 4.82. The fraction of sp³-hybridized carbons (Fsp3) is 0.300. The SMILES string of the molecule is CN(C)c1cc(Nc2cccc(-c3ccc(N4CCCC4)nn3)c2)ncn1. The lowest BCUT2D eigenvalue weighted by atomic mass is 10.1. The van der Waals surface area contributed by atoms with Crippen molar-refractivity contribution in [2.24, 2.45) is 0 Å². The zero-order valence-electron chi connectivity index (χ0n) is 15.6. The van der Waals surface area contributed by atoms with Gasteiger partial charge in [-0.2, -0.15) is 0 Å². The summed E-state index contributed by atoms with van der Waals surface area (Å²) in [6.07, 6.45) is 4.02. The predicted octanol–water partition coefficient (Wildman–Crippen LogP) is 3.34. The van der Waals surface area contributed by atoms with Crippen LogP contribution in [0.2, 0.25) is 0 Å². The minimum atomic E-state index is 0.751. The van der Waals surface area contributed by atoms with Gasteiger partial charge >= 0.3 is 0 Å². The number of aromatic nitrogens is 4. The highest BCUT2D eigenvalue weighted by molar-refractivity contribution is 5.68. The van der Waals surface area contributed by atoms with Crippen LogP contribution in [0, 0.1) is 0 Å². The standard InChI is InChI=1S/C20H23N7/c1-26(2)20-13-18(21-14-22-20)23-16-7-5-6-15(12-16)17-8-9-19(25-24-17)27-10-3-4-11-27/h5-9,12-14H,3-4,10-11H2,1-2H3,(H,21,22,23). The van der Waals surface area contributed by atoms with Gasteiger partial charge in [0.25, 0.3) is 0 Å². The van der Waals surface area contributed by atoms with Crippen LogP contribution in [0.3, 0.4) is 0 Å². The molecule has 1 aliphatic heterocycles. The van der Waals surface area contributed by atoms with Crippen LogP contribution in [0.15, 0.2) is 48.8 Å². The molecule has 7 nitrogen and oxygen atoms in total. The maximum Gasteiger partial charge on any atom is 0.151 e. The van der Waals surface area contributed by atoms with E-state index in [-0.39, 0.29) is 0 Å². The Bertz CT molecular complexity index is 902. The summed E-state index contributed by atoms with van der Waals surface area (Å²) >= 11 is 0. The monoisotopic (exact) mass is 361 g/mol. The summed E-state index contributed by atoms with van der Waals surface area (Å²) in [5.41, 5.74) is 2.82. The first-order valence-corrected chi connectivity index (χ1v) is 9.14. The van der Waals surface area contributed by atoms with Gasteiger partial charge in [-0.05, 0) is 37.1 Å². The predicted molar refractivity (Wildman–Crippen MR) is 109 cm³/mol. The molecule has 1 N–H and O–H groups in total. The molecule has 1 aromatic carbocycles. The third-order valence-corrected chi connectivity index (χ3v) is 4.62. The zero-order valence-corrected chi connectivity index (χ0v) is 15.6. The summed E-state index contributed by atoms with van der Waals surface area (Å²) in [7, 11) is 3.91. The average Bonchev–Trinajstić information content (AvgIpc) is 3.23. The molecule has 0 amide bonds. The molecule has 138 valence electrons. The van der Waals surface area contributed by atoms with Crippen molar-refractivity contribution in [2.75, 3.05) is 42.3 Å². The van der Waals surface area contributed by atoms with Crippen molar-refractivity contribution in [1.82, 2.24) is 20.2 Å². The summed E-state index contributed by atoms with van der Waals surface area (Å²) in [6, 6.07) is 14.1. The van der Waals surface area contributed by atoms with Gasteiger partial charge in [-0.15, -0.1) is 10.2 Å². The second kappa shape index (κ2) is 7.57. The molecule has 0 aliphatic carbocycles. The highest BCUT2D eigenvalue weighted by Crippen LogP contribution is 2.25. The first kappa shape index (κ1) is 17.2. The minimum absolute atomic E-state index is 0.751. The van der Waals surface area contributed by atoms with Crippen LogP contribution in [0.25, 0.3) is 11.3 Å². The molecule has 2 aromatic heterocycles. The molecule has 0 saturated carbocycles.